The average molecular weight is 264 g/mol. The number of fused-ring (bicyclic) bond motifs is 2. The number of nitrogen functional groups attached to an aromatic ring is 1. The highest BCUT2D eigenvalue weighted by molar-refractivity contribution is 5.95. The maximum Gasteiger partial charge on any atom is 0.224 e. The number of anilines is 2. The third-order valence-electron chi connectivity index (χ3n) is 3.55. The quantitative estimate of drug-likeness (QED) is 0.742. The number of hydrogen-bond donors (Lipinski definition) is 1. The Kier molecular flexibility index (Phi) is 3.03. The van der Waals surface area contributed by atoms with Crippen LogP contribution in [0.25, 0.3) is 12.2 Å². The Morgan fingerprint density at radius 1 is 1.10 bits per heavy atom. The Bertz CT molecular complexity index is 704. The Morgan fingerprint density at radius 3 is 2.65 bits per heavy atom. The second-order valence-electron chi connectivity index (χ2n) is 4.96. The topological polar surface area (TPSA) is 46.3 Å². The zero-order valence-electron chi connectivity index (χ0n) is 11.3. The van der Waals surface area contributed by atoms with Gasteiger partial charge in [0.1, 0.15) is 0 Å². The molecular formula is C17H16N2O. The van der Waals surface area contributed by atoms with Crippen LogP contribution in [0.2, 0.25) is 0 Å². The van der Waals surface area contributed by atoms with E-state index in [0.717, 1.165) is 28.1 Å². The molecule has 3 rings (SSSR count). The van der Waals surface area contributed by atoms with Crippen LogP contribution in [0.1, 0.15) is 23.6 Å². The van der Waals surface area contributed by atoms with E-state index in [-0.39, 0.29) is 5.91 Å². The molecule has 2 N–H and O–H groups in total. The van der Waals surface area contributed by atoms with E-state index in [9.17, 15) is 4.79 Å². The van der Waals surface area contributed by atoms with Gasteiger partial charge in [-0.15, -0.1) is 0 Å². The van der Waals surface area contributed by atoms with E-state index in [2.05, 4.69) is 6.08 Å². The van der Waals surface area contributed by atoms with Crippen molar-refractivity contribution in [2.45, 2.75) is 13.5 Å². The van der Waals surface area contributed by atoms with Gasteiger partial charge in [0.15, 0.2) is 0 Å². The number of benzene rings is 2. The van der Waals surface area contributed by atoms with Gasteiger partial charge in [-0.1, -0.05) is 36.4 Å². The summed E-state index contributed by atoms with van der Waals surface area (Å²) in [5.41, 5.74) is 10.7. The van der Waals surface area contributed by atoms with Crippen LogP contribution >= 0.6 is 0 Å². The van der Waals surface area contributed by atoms with E-state index in [1.807, 2.05) is 48.5 Å². The first-order valence-electron chi connectivity index (χ1n) is 6.59. The van der Waals surface area contributed by atoms with Gasteiger partial charge in [0.05, 0.1) is 12.2 Å². The fraction of sp³-hybridized carbons (Fsp3) is 0.118. The third kappa shape index (κ3) is 2.18. The van der Waals surface area contributed by atoms with Gasteiger partial charge in [-0.2, -0.15) is 0 Å². The summed E-state index contributed by atoms with van der Waals surface area (Å²) in [6, 6.07) is 13.7. The van der Waals surface area contributed by atoms with Gasteiger partial charge < -0.3 is 10.6 Å². The van der Waals surface area contributed by atoms with Crippen LogP contribution in [0.4, 0.5) is 11.4 Å². The molecule has 100 valence electrons. The SMILES string of the molecule is CC(=O)N1Cc2ccc(N)cc2/C=C\c2ccccc21. The Labute approximate surface area is 118 Å². The third-order valence-corrected chi connectivity index (χ3v) is 3.55. The van der Waals surface area contributed by atoms with Gasteiger partial charge >= 0.3 is 0 Å². The minimum atomic E-state index is 0.0375. The molecule has 1 amide bonds. The van der Waals surface area contributed by atoms with Crippen molar-refractivity contribution in [3.05, 3.63) is 59.2 Å². The molecule has 2 aromatic carbocycles. The molecule has 3 heteroatoms. The van der Waals surface area contributed by atoms with E-state index in [1.54, 1.807) is 11.8 Å². The summed E-state index contributed by atoms with van der Waals surface area (Å²) in [5.74, 6) is 0.0375. The highest BCUT2D eigenvalue weighted by atomic mass is 16.2. The molecule has 0 spiro atoms. The lowest BCUT2D eigenvalue weighted by molar-refractivity contribution is -0.116. The van der Waals surface area contributed by atoms with Crippen LogP contribution in [-0.4, -0.2) is 5.91 Å². The molecular weight excluding hydrogens is 248 g/mol. The predicted molar refractivity (Wildman–Crippen MR) is 83.1 cm³/mol. The van der Waals surface area contributed by atoms with Gasteiger partial charge in [0.25, 0.3) is 0 Å². The van der Waals surface area contributed by atoms with Gasteiger partial charge in [0.2, 0.25) is 5.91 Å². The van der Waals surface area contributed by atoms with Crippen LogP contribution in [-0.2, 0) is 11.3 Å². The van der Waals surface area contributed by atoms with E-state index in [4.69, 9.17) is 5.73 Å². The lowest BCUT2D eigenvalue weighted by atomic mass is 10.0. The summed E-state index contributed by atoms with van der Waals surface area (Å²) < 4.78 is 0. The summed E-state index contributed by atoms with van der Waals surface area (Å²) in [6.07, 6.45) is 4.09. The number of rotatable bonds is 0. The molecule has 0 radical (unpaired) electrons. The molecule has 1 aliphatic rings. The van der Waals surface area contributed by atoms with E-state index >= 15 is 0 Å². The zero-order valence-corrected chi connectivity index (χ0v) is 11.3. The normalized spacial score (nSPS) is 14.8. The lowest BCUT2D eigenvalue weighted by Gasteiger charge is -2.25. The fourth-order valence-corrected chi connectivity index (χ4v) is 2.50. The van der Waals surface area contributed by atoms with E-state index in [1.165, 1.54) is 0 Å². The summed E-state index contributed by atoms with van der Waals surface area (Å²) >= 11 is 0. The van der Waals surface area contributed by atoms with Crippen LogP contribution in [0.3, 0.4) is 0 Å². The fourth-order valence-electron chi connectivity index (χ4n) is 2.50. The molecule has 0 aliphatic carbocycles. The molecule has 0 aromatic heterocycles. The Morgan fingerprint density at radius 2 is 1.85 bits per heavy atom. The molecule has 0 unspecified atom stereocenters. The molecule has 3 nitrogen and oxygen atoms in total. The van der Waals surface area contributed by atoms with Gasteiger partial charge in [-0.25, -0.2) is 0 Å². The molecule has 1 heterocycles. The Hall–Kier alpha value is -2.55. The molecule has 0 fully saturated rings. The second-order valence-corrected chi connectivity index (χ2v) is 4.96. The summed E-state index contributed by atoms with van der Waals surface area (Å²) in [6.45, 7) is 2.16. The van der Waals surface area contributed by atoms with Crippen LogP contribution in [0.5, 0.6) is 0 Å². The lowest BCUT2D eigenvalue weighted by Crippen LogP contribution is -2.29. The predicted octanol–water partition coefficient (Wildman–Crippen LogP) is 3.31. The Balaban J connectivity index is 2.19. The van der Waals surface area contributed by atoms with Crippen LogP contribution in [0.15, 0.2) is 42.5 Å². The number of nitrogens with zero attached hydrogens (tertiary/aromatic N) is 1. The monoisotopic (exact) mass is 264 g/mol. The first kappa shape index (κ1) is 12.5. The summed E-state index contributed by atoms with van der Waals surface area (Å²) in [7, 11) is 0. The minimum absolute atomic E-state index is 0.0375. The first-order valence-corrected chi connectivity index (χ1v) is 6.59. The first-order chi connectivity index (χ1) is 9.65. The summed E-state index contributed by atoms with van der Waals surface area (Å²) in [5, 5.41) is 0. The number of para-hydroxylation sites is 1. The maximum atomic E-state index is 12.0. The van der Waals surface area contributed by atoms with Gasteiger partial charge in [-0.05, 0) is 34.9 Å². The number of amides is 1. The maximum absolute atomic E-state index is 12.0. The van der Waals surface area contributed by atoms with Crippen molar-refractivity contribution in [2.75, 3.05) is 10.6 Å². The number of nitrogens with two attached hydrogens (primary N) is 1. The molecule has 1 aliphatic heterocycles. The standard InChI is InChI=1S/C17H16N2O/c1-12(20)19-11-15-8-9-16(18)10-14(15)7-6-13-4-2-3-5-17(13)19/h2-10H,11,18H2,1H3/b7-6-. The van der Waals surface area contributed by atoms with Crippen molar-refractivity contribution >= 4 is 29.4 Å². The van der Waals surface area contributed by atoms with Crippen molar-refractivity contribution in [1.82, 2.24) is 0 Å². The van der Waals surface area contributed by atoms with E-state index in [0.29, 0.717) is 6.54 Å². The van der Waals surface area contributed by atoms with Crippen molar-refractivity contribution in [3.8, 4) is 0 Å². The molecule has 0 saturated carbocycles. The van der Waals surface area contributed by atoms with Crippen molar-refractivity contribution in [1.29, 1.82) is 0 Å². The number of carbonyl (C=O) groups is 1. The van der Waals surface area contributed by atoms with Crippen molar-refractivity contribution in [3.63, 3.8) is 0 Å². The molecule has 0 bridgehead atoms. The van der Waals surface area contributed by atoms with Gasteiger partial charge in [-0.3, -0.25) is 4.79 Å². The largest absolute Gasteiger partial charge is 0.399 e. The molecule has 0 atom stereocenters. The van der Waals surface area contributed by atoms with Crippen LogP contribution < -0.4 is 10.6 Å². The smallest absolute Gasteiger partial charge is 0.224 e. The van der Waals surface area contributed by atoms with Gasteiger partial charge in [0, 0.05) is 12.6 Å². The minimum Gasteiger partial charge on any atom is -0.399 e. The van der Waals surface area contributed by atoms with E-state index < -0.39 is 0 Å². The number of hydrogen-bond acceptors (Lipinski definition) is 2. The van der Waals surface area contributed by atoms with Crippen molar-refractivity contribution in [2.24, 2.45) is 0 Å². The zero-order chi connectivity index (χ0) is 14.1. The highest BCUT2D eigenvalue weighted by Crippen LogP contribution is 2.29. The number of carbonyl (C=O) groups excluding carboxylic acids is 1. The highest BCUT2D eigenvalue weighted by Gasteiger charge is 2.17. The molecule has 2 aromatic rings. The average Bonchev–Trinajstić information content (AvgIpc) is 2.42. The van der Waals surface area contributed by atoms with Crippen LogP contribution in [0, 0.1) is 0 Å². The second kappa shape index (κ2) is 4.85. The van der Waals surface area contributed by atoms with Crippen molar-refractivity contribution < 1.29 is 4.79 Å². The molecule has 0 saturated heterocycles. The summed E-state index contributed by atoms with van der Waals surface area (Å²) in [4.78, 5) is 13.8. The molecule has 20 heavy (non-hydrogen) atoms.